The number of pyridine rings is 1. The number of piperazine rings is 1. The van der Waals surface area contributed by atoms with E-state index in [1.807, 2.05) is 57.7 Å². The molecule has 392 valence electrons. The maximum Gasteiger partial charge on any atom is 0.261 e. The molecule has 2 aromatic heterocycles. The first-order valence-corrected chi connectivity index (χ1v) is 25.8. The lowest BCUT2D eigenvalue weighted by Crippen LogP contribution is -2.74. The van der Waals surface area contributed by atoms with Crippen LogP contribution in [0.5, 0.6) is 5.75 Å². The standard InChI is InChI=1S/C53H66ClF2N9O7S/c1-31-43(73-30-59-31)33-11-9-32(10-12-33)39(28-66)60-46(70)40-23-36(67)27-65(40)47(71)44(50(2,3)4)61-42(68)17-18-53(55,56)29-63-19-21-64(22-20-63)41-16-14-35(26-58-41)45(69)62-48-51(5,6)49(52(48,7)8)72-37-15-13-34(25-57)38(54)24-37/h9-16,24,26,30,36,39-40,44,48-49,66-67H,17-23,27-29H2,1-8H3,(H,60,70)(H,61,68)(H,62,69)/t36-,39+,40+,44?,48?,49?/m1/s1. The molecular formula is C53H66ClF2N9O7S. The number of hydrogen-bond donors (Lipinski definition) is 5. The molecule has 0 bridgehead atoms. The number of hydrogen-bond acceptors (Lipinski definition) is 13. The van der Waals surface area contributed by atoms with Gasteiger partial charge < -0.3 is 40.7 Å². The fourth-order valence-electron chi connectivity index (χ4n) is 10.7. The van der Waals surface area contributed by atoms with Gasteiger partial charge in [-0.1, -0.05) is 84.3 Å². The van der Waals surface area contributed by atoms with E-state index in [-0.39, 0.29) is 31.0 Å². The van der Waals surface area contributed by atoms with Crippen molar-refractivity contribution in [3.8, 4) is 22.3 Å². The van der Waals surface area contributed by atoms with Crippen LogP contribution in [0.15, 0.2) is 66.3 Å². The topological polar surface area (TPSA) is 213 Å². The fraction of sp³-hybridized carbons (Fsp3) is 0.528. The van der Waals surface area contributed by atoms with E-state index in [9.17, 15) is 34.7 Å². The van der Waals surface area contributed by atoms with Crippen LogP contribution in [-0.2, 0) is 14.4 Å². The van der Waals surface area contributed by atoms with E-state index >= 15 is 8.78 Å². The van der Waals surface area contributed by atoms with Gasteiger partial charge >= 0.3 is 0 Å². The van der Waals surface area contributed by atoms with E-state index < -0.39 is 90.1 Å². The number of amides is 4. The summed E-state index contributed by atoms with van der Waals surface area (Å²) >= 11 is 7.74. The van der Waals surface area contributed by atoms with Crippen LogP contribution in [0.2, 0.25) is 5.02 Å². The van der Waals surface area contributed by atoms with Crippen molar-refractivity contribution in [1.82, 2.24) is 35.7 Å². The van der Waals surface area contributed by atoms with Gasteiger partial charge in [-0.15, -0.1) is 11.3 Å². The highest BCUT2D eigenvalue weighted by Gasteiger charge is 2.64. The lowest BCUT2D eigenvalue weighted by atomic mass is 9.49. The molecule has 1 aliphatic carbocycles. The van der Waals surface area contributed by atoms with Crippen LogP contribution in [0.3, 0.4) is 0 Å². The molecule has 0 radical (unpaired) electrons. The number of halogens is 3. The van der Waals surface area contributed by atoms with Gasteiger partial charge in [0.2, 0.25) is 17.7 Å². The summed E-state index contributed by atoms with van der Waals surface area (Å²) < 4.78 is 37.4. The van der Waals surface area contributed by atoms with Crippen LogP contribution in [0.1, 0.15) is 101 Å². The van der Waals surface area contributed by atoms with Gasteiger partial charge in [0.05, 0.1) is 57.5 Å². The maximum atomic E-state index is 15.5. The average molecular weight is 1050 g/mol. The van der Waals surface area contributed by atoms with Crippen molar-refractivity contribution in [3.05, 3.63) is 93.7 Å². The fourth-order valence-corrected chi connectivity index (χ4v) is 11.7. The van der Waals surface area contributed by atoms with Crippen LogP contribution in [0, 0.1) is 34.5 Å². The van der Waals surface area contributed by atoms with E-state index in [2.05, 4.69) is 25.9 Å². The monoisotopic (exact) mass is 1050 g/mol. The number of nitriles is 1. The Labute approximate surface area is 434 Å². The first kappa shape index (κ1) is 55.0. The number of nitrogens with zero attached hydrogens (tertiary/aromatic N) is 6. The molecule has 1 saturated carbocycles. The summed E-state index contributed by atoms with van der Waals surface area (Å²) in [4.78, 5) is 69.4. The second kappa shape index (κ2) is 22.0. The van der Waals surface area contributed by atoms with Crippen molar-refractivity contribution in [3.63, 3.8) is 0 Å². The number of ether oxygens (including phenoxy) is 1. The summed E-state index contributed by atoms with van der Waals surface area (Å²) in [6, 6.07) is 14.4. The Bertz CT molecular complexity index is 2670. The molecule has 1 unspecified atom stereocenters. The maximum absolute atomic E-state index is 15.5. The number of aliphatic hydroxyl groups excluding tert-OH is 2. The van der Waals surface area contributed by atoms with Gasteiger partial charge in [-0.05, 0) is 47.7 Å². The molecule has 73 heavy (non-hydrogen) atoms. The van der Waals surface area contributed by atoms with E-state index in [4.69, 9.17) is 16.3 Å². The molecular weight excluding hydrogens is 980 g/mol. The zero-order valence-corrected chi connectivity index (χ0v) is 44.1. The molecule has 3 fully saturated rings. The largest absolute Gasteiger partial charge is 0.489 e. The summed E-state index contributed by atoms with van der Waals surface area (Å²) in [6.45, 7) is 15.4. The summed E-state index contributed by atoms with van der Waals surface area (Å²) in [5.74, 6) is -4.34. The second-order valence-corrected chi connectivity index (χ2v) is 23.0. The number of aromatic nitrogens is 2. The number of nitrogens with one attached hydrogen (secondary N) is 3. The zero-order valence-electron chi connectivity index (χ0n) is 42.5. The zero-order chi connectivity index (χ0) is 53.2. The quantitative estimate of drug-likeness (QED) is 0.0764. The van der Waals surface area contributed by atoms with Gasteiger partial charge in [-0.25, -0.2) is 18.7 Å². The first-order chi connectivity index (χ1) is 34.3. The number of aryl methyl sites for hydroxylation is 1. The van der Waals surface area contributed by atoms with E-state index in [0.29, 0.717) is 59.5 Å². The van der Waals surface area contributed by atoms with Gasteiger partial charge in [0.1, 0.15) is 35.8 Å². The minimum Gasteiger partial charge on any atom is -0.489 e. The van der Waals surface area contributed by atoms with Crippen LogP contribution in [-0.4, -0.2) is 136 Å². The van der Waals surface area contributed by atoms with Crippen LogP contribution >= 0.6 is 22.9 Å². The van der Waals surface area contributed by atoms with Crippen molar-refractivity contribution in [2.45, 2.75) is 117 Å². The average Bonchev–Trinajstić information content (AvgIpc) is 3.97. The minimum absolute atomic E-state index is 0.0661. The number of thiazole rings is 1. The van der Waals surface area contributed by atoms with Crippen molar-refractivity contribution in [1.29, 1.82) is 5.26 Å². The number of β-amino-alcohol motifs (C(OH)–C–C–N with tert-alkyl or cyclic N) is 1. The highest BCUT2D eigenvalue weighted by atomic mass is 35.5. The Morgan fingerprint density at radius 1 is 0.986 bits per heavy atom. The first-order valence-electron chi connectivity index (χ1n) is 24.5. The summed E-state index contributed by atoms with van der Waals surface area (Å²) in [7, 11) is 0. The number of alkyl halides is 2. The van der Waals surface area contributed by atoms with Crippen LogP contribution in [0.4, 0.5) is 14.6 Å². The molecule has 5 N–H and O–H groups in total. The molecule has 0 spiro atoms. The van der Waals surface area contributed by atoms with Gasteiger partial charge in [0.15, 0.2) is 0 Å². The number of likely N-dealkylation sites (tertiary alicyclic amines) is 1. The third-order valence-electron chi connectivity index (χ3n) is 14.4. The van der Waals surface area contributed by atoms with E-state index in [0.717, 1.165) is 16.1 Å². The Hall–Kier alpha value is -5.78. The highest BCUT2D eigenvalue weighted by Crippen LogP contribution is 2.55. The number of anilines is 1. The van der Waals surface area contributed by atoms with Crippen LogP contribution in [0.25, 0.3) is 10.4 Å². The van der Waals surface area contributed by atoms with Gasteiger partial charge in [0.25, 0.3) is 11.8 Å². The molecule has 7 rings (SSSR count). The predicted molar refractivity (Wildman–Crippen MR) is 274 cm³/mol. The van der Waals surface area contributed by atoms with Gasteiger partial charge in [-0.2, -0.15) is 5.26 Å². The third kappa shape index (κ3) is 12.4. The second-order valence-electron chi connectivity index (χ2n) is 21.7. The number of carbonyl (C=O) groups excluding carboxylic acids is 4. The SMILES string of the molecule is Cc1ncsc1-c1ccc([C@H](CO)NC(=O)[C@@H]2C[C@@H](O)CN2C(=O)C(NC(=O)CCC(F)(F)CN2CCN(c3ccc(C(=O)NC4C(C)(C)C(Oc5ccc(C#N)c(Cl)c5)C4(C)C)cn3)CC2)C(C)(C)C)cc1. The molecule has 2 aromatic carbocycles. The molecule has 4 aromatic rings. The van der Waals surface area contributed by atoms with Gasteiger partial charge in [0, 0.05) is 81.1 Å². The van der Waals surface area contributed by atoms with E-state index in [1.165, 1.54) is 22.4 Å². The summed E-state index contributed by atoms with van der Waals surface area (Å²) in [5, 5.41) is 39.1. The van der Waals surface area contributed by atoms with E-state index in [1.54, 1.807) is 73.6 Å². The minimum atomic E-state index is -3.23. The van der Waals surface area contributed by atoms with Crippen molar-refractivity contribution < 1.29 is 42.9 Å². The molecule has 4 heterocycles. The molecule has 16 nitrogen and oxygen atoms in total. The highest BCUT2D eigenvalue weighted by molar-refractivity contribution is 7.13. The molecule has 4 amide bonds. The van der Waals surface area contributed by atoms with Crippen molar-refractivity contribution in [2.75, 3.05) is 50.8 Å². The molecule has 2 saturated heterocycles. The molecule has 2 aliphatic heterocycles. The lowest BCUT2D eigenvalue weighted by Gasteiger charge is -2.63. The number of rotatable bonds is 17. The van der Waals surface area contributed by atoms with Gasteiger partial charge in [-0.3, -0.25) is 24.1 Å². The normalized spacial score (nSPS) is 21.6. The van der Waals surface area contributed by atoms with Crippen molar-refractivity contribution >= 4 is 52.4 Å². The Kier molecular flexibility index (Phi) is 16.6. The van der Waals surface area contributed by atoms with Crippen LogP contribution < -0.4 is 25.6 Å². The van der Waals surface area contributed by atoms with Crippen molar-refractivity contribution in [2.24, 2.45) is 16.2 Å². The Morgan fingerprint density at radius 2 is 1.67 bits per heavy atom. The summed E-state index contributed by atoms with van der Waals surface area (Å²) in [5.41, 5.74) is 3.14. The number of aliphatic hydroxyl groups is 2. The smallest absolute Gasteiger partial charge is 0.261 e. The molecule has 20 heteroatoms. The number of benzene rings is 2. The molecule has 4 atom stereocenters. The summed E-state index contributed by atoms with van der Waals surface area (Å²) in [6.07, 6.45) is -1.17. The lowest BCUT2D eigenvalue weighted by molar-refractivity contribution is -0.164. The Balaban J connectivity index is 0.868. The number of carbonyl (C=O) groups is 4. The predicted octanol–water partition coefficient (Wildman–Crippen LogP) is 6.53. The molecule has 3 aliphatic rings. The third-order valence-corrected chi connectivity index (χ3v) is 15.7. The Morgan fingerprint density at radius 3 is 2.25 bits per heavy atom.